The number of anilines is 1. The van der Waals surface area contributed by atoms with Gasteiger partial charge in [0.25, 0.3) is 0 Å². The predicted octanol–water partition coefficient (Wildman–Crippen LogP) is 2.28. The number of aromatic nitrogens is 2. The third-order valence-corrected chi connectivity index (χ3v) is 2.08. The summed E-state index contributed by atoms with van der Waals surface area (Å²) in [5.41, 5.74) is 1.08. The molecule has 0 atom stereocenters. The van der Waals surface area contributed by atoms with Crippen LogP contribution in [-0.4, -0.2) is 16.8 Å². The SMILES string of the molecule is CNc1cc(C)nn1CCC(C)C. The van der Waals surface area contributed by atoms with Crippen LogP contribution in [0.5, 0.6) is 0 Å². The molecule has 0 saturated carbocycles. The molecule has 0 aliphatic heterocycles. The van der Waals surface area contributed by atoms with Gasteiger partial charge in [0.2, 0.25) is 0 Å². The Labute approximate surface area is 80.1 Å². The van der Waals surface area contributed by atoms with Gasteiger partial charge in [0.05, 0.1) is 5.69 Å². The van der Waals surface area contributed by atoms with E-state index in [1.165, 1.54) is 6.42 Å². The first-order chi connectivity index (χ1) is 6.13. The summed E-state index contributed by atoms with van der Waals surface area (Å²) in [6.07, 6.45) is 1.18. The van der Waals surface area contributed by atoms with Crippen LogP contribution in [-0.2, 0) is 6.54 Å². The Bertz CT molecular complexity index is 263. The van der Waals surface area contributed by atoms with Gasteiger partial charge in [-0.1, -0.05) is 13.8 Å². The number of nitrogens with one attached hydrogen (secondary N) is 1. The lowest BCUT2D eigenvalue weighted by atomic mass is 10.1. The average Bonchev–Trinajstić information content (AvgIpc) is 2.42. The second-order valence-electron chi connectivity index (χ2n) is 3.83. The molecule has 0 aliphatic carbocycles. The van der Waals surface area contributed by atoms with Crippen molar-refractivity contribution in [3.8, 4) is 0 Å². The average molecular weight is 181 g/mol. The predicted molar refractivity (Wildman–Crippen MR) is 56.0 cm³/mol. The van der Waals surface area contributed by atoms with Crippen molar-refractivity contribution in [1.82, 2.24) is 9.78 Å². The lowest BCUT2D eigenvalue weighted by Crippen LogP contribution is -2.06. The third kappa shape index (κ3) is 2.76. The van der Waals surface area contributed by atoms with Crippen molar-refractivity contribution in [3.63, 3.8) is 0 Å². The summed E-state index contributed by atoms with van der Waals surface area (Å²) >= 11 is 0. The van der Waals surface area contributed by atoms with Gasteiger partial charge in [0, 0.05) is 19.7 Å². The van der Waals surface area contributed by atoms with Crippen LogP contribution in [0.2, 0.25) is 0 Å². The molecule has 1 N–H and O–H groups in total. The zero-order valence-electron chi connectivity index (χ0n) is 8.96. The zero-order chi connectivity index (χ0) is 9.84. The smallest absolute Gasteiger partial charge is 0.124 e. The van der Waals surface area contributed by atoms with E-state index in [2.05, 4.69) is 30.3 Å². The molecule has 1 aromatic rings. The summed E-state index contributed by atoms with van der Waals surface area (Å²) in [4.78, 5) is 0. The van der Waals surface area contributed by atoms with Crippen LogP contribution >= 0.6 is 0 Å². The maximum atomic E-state index is 4.41. The molecule has 13 heavy (non-hydrogen) atoms. The molecule has 0 spiro atoms. The van der Waals surface area contributed by atoms with E-state index in [4.69, 9.17) is 0 Å². The van der Waals surface area contributed by atoms with Crippen LogP contribution in [0, 0.1) is 12.8 Å². The van der Waals surface area contributed by atoms with Crippen molar-refractivity contribution in [2.75, 3.05) is 12.4 Å². The molecule has 0 unspecified atom stereocenters. The minimum atomic E-state index is 0.731. The Morgan fingerprint density at radius 3 is 2.77 bits per heavy atom. The quantitative estimate of drug-likeness (QED) is 0.772. The Morgan fingerprint density at radius 2 is 2.23 bits per heavy atom. The van der Waals surface area contributed by atoms with Gasteiger partial charge in [-0.05, 0) is 19.3 Å². The van der Waals surface area contributed by atoms with E-state index >= 15 is 0 Å². The minimum absolute atomic E-state index is 0.731. The zero-order valence-corrected chi connectivity index (χ0v) is 8.96. The van der Waals surface area contributed by atoms with Crippen LogP contribution in [0.3, 0.4) is 0 Å². The van der Waals surface area contributed by atoms with Gasteiger partial charge in [-0.25, -0.2) is 4.68 Å². The first-order valence-corrected chi connectivity index (χ1v) is 4.85. The van der Waals surface area contributed by atoms with E-state index < -0.39 is 0 Å². The Balaban J connectivity index is 2.64. The van der Waals surface area contributed by atoms with Gasteiger partial charge in [-0.3, -0.25) is 0 Å². The fourth-order valence-electron chi connectivity index (χ4n) is 1.30. The van der Waals surface area contributed by atoms with Crippen LogP contribution in [0.1, 0.15) is 26.0 Å². The van der Waals surface area contributed by atoms with Crippen molar-refractivity contribution in [2.45, 2.75) is 33.7 Å². The molecular weight excluding hydrogens is 162 g/mol. The van der Waals surface area contributed by atoms with E-state index in [-0.39, 0.29) is 0 Å². The van der Waals surface area contributed by atoms with E-state index in [1.807, 2.05) is 18.7 Å². The molecule has 0 aromatic carbocycles. The maximum absolute atomic E-state index is 4.41. The molecule has 0 aliphatic rings. The summed E-state index contributed by atoms with van der Waals surface area (Å²) in [5, 5.41) is 7.55. The van der Waals surface area contributed by atoms with Crippen molar-refractivity contribution < 1.29 is 0 Å². The lowest BCUT2D eigenvalue weighted by molar-refractivity contribution is 0.489. The highest BCUT2D eigenvalue weighted by Crippen LogP contribution is 2.11. The molecule has 0 fully saturated rings. The summed E-state index contributed by atoms with van der Waals surface area (Å²) < 4.78 is 2.04. The molecular formula is C10H19N3. The highest BCUT2D eigenvalue weighted by Gasteiger charge is 2.03. The first kappa shape index (κ1) is 10.1. The molecule has 0 saturated heterocycles. The summed E-state index contributed by atoms with van der Waals surface area (Å²) in [5.74, 6) is 1.84. The van der Waals surface area contributed by atoms with Crippen molar-refractivity contribution in [2.24, 2.45) is 5.92 Å². The number of hydrogen-bond acceptors (Lipinski definition) is 2. The number of hydrogen-bond donors (Lipinski definition) is 1. The van der Waals surface area contributed by atoms with Gasteiger partial charge in [0.15, 0.2) is 0 Å². The molecule has 1 rings (SSSR count). The number of aryl methyl sites for hydroxylation is 2. The molecule has 74 valence electrons. The van der Waals surface area contributed by atoms with E-state index in [0.717, 1.165) is 24.0 Å². The van der Waals surface area contributed by atoms with Crippen LogP contribution in [0.4, 0.5) is 5.82 Å². The highest BCUT2D eigenvalue weighted by molar-refractivity contribution is 5.35. The molecule has 3 heteroatoms. The van der Waals surface area contributed by atoms with E-state index in [0.29, 0.717) is 0 Å². The van der Waals surface area contributed by atoms with Gasteiger partial charge in [0.1, 0.15) is 5.82 Å². The molecule has 1 heterocycles. The Hall–Kier alpha value is -0.990. The topological polar surface area (TPSA) is 29.9 Å². The molecule has 1 aromatic heterocycles. The summed E-state index contributed by atoms with van der Waals surface area (Å²) in [6.45, 7) is 7.49. The second-order valence-corrected chi connectivity index (χ2v) is 3.83. The summed E-state index contributed by atoms with van der Waals surface area (Å²) in [6, 6.07) is 2.07. The monoisotopic (exact) mass is 181 g/mol. The van der Waals surface area contributed by atoms with Crippen molar-refractivity contribution in [1.29, 1.82) is 0 Å². The van der Waals surface area contributed by atoms with Gasteiger partial charge >= 0.3 is 0 Å². The van der Waals surface area contributed by atoms with E-state index in [1.54, 1.807) is 0 Å². The molecule has 3 nitrogen and oxygen atoms in total. The highest BCUT2D eigenvalue weighted by atomic mass is 15.3. The standard InChI is InChI=1S/C10H19N3/c1-8(2)5-6-13-10(11-4)7-9(3)12-13/h7-8,11H,5-6H2,1-4H3. The Kier molecular flexibility index (Phi) is 3.34. The Morgan fingerprint density at radius 1 is 1.54 bits per heavy atom. The number of rotatable bonds is 4. The minimum Gasteiger partial charge on any atom is -0.373 e. The summed E-state index contributed by atoms with van der Waals surface area (Å²) in [7, 11) is 1.93. The van der Waals surface area contributed by atoms with Gasteiger partial charge in [-0.2, -0.15) is 5.10 Å². The van der Waals surface area contributed by atoms with Crippen molar-refractivity contribution in [3.05, 3.63) is 11.8 Å². The largest absolute Gasteiger partial charge is 0.373 e. The fraction of sp³-hybridized carbons (Fsp3) is 0.700. The normalized spacial score (nSPS) is 10.8. The first-order valence-electron chi connectivity index (χ1n) is 4.85. The second kappa shape index (κ2) is 4.30. The molecule has 0 amide bonds. The number of nitrogens with zero attached hydrogens (tertiary/aromatic N) is 2. The van der Waals surface area contributed by atoms with Gasteiger partial charge in [-0.15, -0.1) is 0 Å². The lowest BCUT2D eigenvalue weighted by Gasteiger charge is -2.08. The molecule has 0 radical (unpaired) electrons. The fourth-order valence-corrected chi connectivity index (χ4v) is 1.30. The van der Waals surface area contributed by atoms with Gasteiger partial charge < -0.3 is 5.32 Å². The van der Waals surface area contributed by atoms with Crippen LogP contribution in [0.15, 0.2) is 6.07 Å². The third-order valence-electron chi connectivity index (χ3n) is 2.08. The van der Waals surface area contributed by atoms with E-state index in [9.17, 15) is 0 Å². The van der Waals surface area contributed by atoms with Crippen LogP contribution in [0.25, 0.3) is 0 Å². The molecule has 0 bridgehead atoms. The maximum Gasteiger partial charge on any atom is 0.124 e. The van der Waals surface area contributed by atoms with Crippen LogP contribution < -0.4 is 5.32 Å². The van der Waals surface area contributed by atoms with Crippen molar-refractivity contribution >= 4 is 5.82 Å².